The number of hydrogen-bond donors (Lipinski definition) is 1. The first-order chi connectivity index (χ1) is 14.9. The summed E-state index contributed by atoms with van der Waals surface area (Å²) < 4.78 is 10.5. The average Bonchev–Trinajstić information content (AvgIpc) is 2.78. The highest BCUT2D eigenvalue weighted by Crippen LogP contribution is 2.23. The monoisotopic (exact) mass is 488 g/mol. The van der Waals surface area contributed by atoms with Gasteiger partial charge in [0.1, 0.15) is 0 Å². The van der Waals surface area contributed by atoms with Crippen LogP contribution in [0.4, 0.5) is 5.69 Å². The maximum absolute atomic E-state index is 12.9. The lowest BCUT2D eigenvalue weighted by atomic mass is 9.96. The van der Waals surface area contributed by atoms with Gasteiger partial charge in [0.05, 0.1) is 31.3 Å². The standard InChI is InChI=1S/C23H25BrN2O5/c1-30-22(28)17-10-18(23(29)31-2)12-20(11-17)25-21(27)16-6-4-8-26(14-16)13-15-5-3-7-19(24)9-15/h3,5,7,9-12,16H,4,6,8,13-14H2,1-2H3,(H,25,27). The van der Waals surface area contributed by atoms with Crippen molar-refractivity contribution in [1.82, 2.24) is 4.90 Å². The fourth-order valence-corrected chi connectivity index (χ4v) is 4.17. The zero-order valence-corrected chi connectivity index (χ0v) is 19.1. The molecule has 1 amide bonds. The minimum atomic E-state index is -0.598. The third kappa shape index (κ3) is 6.15. The van der Waals surface area contributed by atoms with Crippen molar-refractivity contribution in [1.29, 1.82) is 0 Å². The highest BCUT2D eigenvalue weighted by molar-refractivity contribution is 9.10. The summed E-state index contributed by atoms with van der Waals surface area (Å²) in [6.45, 7) is 2.34. The number of anilines is 1. The Hall–Kier alpha value is -2.71. The van der Waals surface area contributed by atoms with Crippen LogP contribution in [0.3, 0.4) is 0 Å². The number of nitrogens with zero attached hydrogens (tertiary/aromatic N) is 1. The van der Waals surface area contributed by atoms with Gasteiger partial charge in [0.25, 0.3) is 0 Å². The fourth-order valence-electron chi connectivity index (χ4n) is 3.72. The van der Waals surface area contributed by atoms with Crippen LogP contribution in [0.25, 0.3) is 0 Å². The Kier molecular flexibility index (Phi) is 7.81. The molecule has 2 aromatic carbocycles. The molecule has 3 rings (SSSR count). The van der Waals surface area contributed by atoms with Gasteiger partial charge in [-0.25, -0.2) is 9.59 Å². The van der Waals surface area contributed by atoms with Crippen LogP contribution in [0.1, 0.15) is 39.1 Å². The maximum Gasteiger partial charge on any atom is 0.337 e. The number of amides is 1. The SMILES string of the molecule is COC(=O)c1cc(NC(=O)C2CCCN(Cc3cccc(Br)c3)C2)cc(C(=O)OC)c1. The normalized spacial score (nSPS) is 16.4. The fraction of sp³-hybridized carbons (Fsp3) is 0.348. The van der Waals surface area contributed by atoms with Gasteiger partial charge in [-0.1, -0.05) is 28.1 Å². The van der Waals surface area contributed by atoms with Gasteiger partial charge in [0.2, 0.25) is 5.91 Å². The molecule has 1 N–H and O–H groups in total. The van der Waals surface area contributed by atoms with Crippen LogP contribution in [-0.4, -0.2) is 50.1 Å². The molecule has 2 aromatic rings. The van der Waals surface area contributed by atoms with Crippen molar-refractivity contribution in [2.45, 2.75) is 19.4 Å². The van der Waals surface area contributed by atoms with Gasteiger partial charge in [-0.3, -0.25) is 9.69 Å². The Bertz CT molecular complexity index is 944. The van der Waals surface area contributed by atoms with Crippen LogP contribution in [-0.2, 0) is 20.8 Å². The first-order valence-corrected chi connectivity index (χ1v) is 10.8. The number of nitrogens with one attached hydrogen (secondary N) is 1. The largest absolute Gasteiger partial charge is 0.465 e. The number of esters is 2. The van der Waals surface area contributed by atoms with E-state index in [1.807, 2.05) is 12.1 Å². The van der Waals surface area contributed by atoms with E-state index in [2.05, 4.69) is 38.3 Å². The second kappa shape index (κ2) is 10.5. The predicted octanol–water partition coefficient (Wildman–Crippen LogP) is 3.87. The Balaban J connectivity index is 1.71. The van der Waals surface area contributed by atoms with E-state index >= 15 is 0 Å². The van der Waals surface area contributed by atoms with Gasteiger partial charge in [0.15, 0.2) is 0 Å². The number of ether oxygens (including phenoxy) is 2. The summed E-state index contributed by atoms with van der Waals surface area (Å²) >= 11 is 3.49. The van der Waals surface area contributed by atoms with Crippen molar-refractivity contribution >= 4 is 39.5 Å². The number of carbonyl (C=O) groups is 3. The first-order valence-electron chi connectivity index (χ1n) is 9.99. The van der Waals surface area contributed by atoms with Crippen LogP contribution >= 0.6 is 15.9 Å². The van der Waals surface area contributed by atoms with Crippen molar-refractivity contribution in [2.24, 2.45) is 5.92 Å². The number of halogens is 1. The van der Waals surface area contributed by atoms with Crippen molar-refractivity contribution in [3.05, 3.63) is 63.6 Å². The van der Waals surface area contributed by atoms with E-state index in [0.717, 1.165) is 30.4 Å². The Morgan fingerprint density at radius 3 is 2.35 bits per heavy atom. The molecule has 1 aliphatic rings. The summed E-state index contributed by atoms with van der Waals surface area (Å²) in [7, 11) is 2.51. The van der Waals surface area contributed by atoms with E-state index in [1.165, 1.54) is 38.0 Å². The van der Waals surface area contributed by atoms with Crippen LogP contribution in [0, 0.1) is 5.92 Å². The summed E-state index contributed by atoms with van der Waals surface area (Å²) in [5.41, 5.74) is 1.88. The molecule has 0 saturated carbocycles. The van der Waals surface area contributed by atoms with Crippen LogP contribution in [0.5, 0.6) is 0 Å². The van der Waals surface area contributed by atoms with Crippen molar-refractivity contribution in [3.8, 4) is 0 Å². The van der Waals surface area contributed by atoms with E-state index in [0.29, 0.717) is 12.2 Å². The number of rotatable bonds is 6. The number of piperidine rings is 1. The van der Waals surface area contributed by atoms with E-state index < -0.39 is 11.9 Å². The number of hydrogen-bond acceptors (Lipinski definition) is 6. The number of methoxy groups -OCH3 is 2. The van der Waals surface area contributed by atoms with Crippen LogP contribution in [0.15, 0.2) is 46.9 Å². The third-order valence-electron chi connectivity index (χ3n) is 5.21. The highest BCUT2D eigenvalue weighted by atomic mass is 79.9. The molecule has 0 radical (unpaired) electrons. The summed E-state index contributed by atoms with van der Waals surface area (Å²) in [5.74, 6) is -1.53. The molecule has 0 spiro atoms. The topological polar surface area (TPSA) is 84.9 Å². The van der Waals surface area contributed by atoms with Gasteiger partial charge < -0.3 is 14.8 Å². The molecular weight excluding hydrogens is 464 g/mol. The minimum Gasteiger partial charge on any atom is -0.465 e. The number of benzene rings is 2. The molecule has 1 atom stereocenters. The number of carbonyl (C=O) groups excluding carboxylic acids is 3. The molecule has 1 unspecified atom stereocenters. The molecule has 7 nitrogen and oxygen atoms in total. The Morgan fingerprint density at radius 2 is 1.74 bits per heavy atom. The van der Waals surface area contributed by atoms with E-state index in [-0.39, 0.29) is 23.0 Å². The second-order valence-electron chi connectivity index (χ2n) is 7.48. The molecule has 0 aliphatic carbocycles. The highest BCUT2D eigenvalue weighted by Gasteiger charge is 2.26. The average molecular weight is 489 g/mol. The zero-order valence-electron chi connectivity index (χ0n) is 17.5. The van der Waals surface area contributed by atoms with Gasteiger partial charge >= 0.3 is 11.9 Å². The van der Waals surface area contributed by atoms with Gasteiger partial charge in [-0.2, -0.15) is 0 Å². The third-order valence-corrected chi connectivity index (χ3v) is 5.71. The van der Waals surface area contributed by atoms with E-state index in [1.54, 1.807) is 0 Å². The Labute approximate surface area is 189 Å². The van der Waals surface area contributed by atoms with Gasteiger partial charge in [0, 0.05) is 23.2 Å². The Morgan fingerprint density at radius 1 is 1.06 bits per heavy atom. The van der Waals surface area contributed by atoms with Gasteiger partial charge in [-0.05, 0) is 55.3 Å². The second-order valence-corrected chi connectivity index (χ2v) is 8.39. The molecular formula is C23H25BrN2O5. The molecule has 31 heavy (non-hydrogen) atoms. The molecule has 1 fully saturated rings. The molecule has 8 heteroatoms. The van der Waals surface area contributed by atoms with Crippen molar-refractivity contribution in [3.63, 3.8) is 0 Å². The molecule has 1 heterocycles. The van der Waals surface area contributed by atoms with E-state index in [4.69, 9.17) is 9.47 Å². The summed E-state index contributed by atoms with van der Waals surface area (Å²) in [6, 6.07) is 12.5. The smallest absolute Gasteiger partial charge is 0.337 e. The van der Waals surface area contributed by atoms with E-state index in [9.17, 15) is 14.4 Å². The quantitative estimate of drug-likeness (QED) is 0.621. The summed E-state index contributed by atoms with van der Waals surface area (Å²) in [5, 5.41) is 2.86. The number of likely N-dealkylation sites (tertiary alicyclic amines) is 1. The van der Waals surface area contributed by atoms with Crippen molar-refractivity contribution in [2.75, 3.05) is 32.6 Å². The molecule has 164 valence electrons. The lowest BCUT2D eigenvalue weighted by molar-refractivity contribution is -0.121. The van der Waals surface area contributed by atoms with Crippen molar-refractivity contribution < 1.29 is 23.9 Å². The van der Waals surface area contributed by atoms with Crippen LogP contribution < -0.4 is 5.32 Å². The molecule has 0 aromatic heterocycles. The van der Waals surface area contributed by atoms with Gasteiger partial charge in [-0.15, -0.1) is 0 Å². The lowest BCUT2D eigenvalue weighted by Crippen LogP contribution is -2.40. The molecule has 0 bridgehead atoms. The lowest BCUT2D eigenvalue weighted by Gasteiger charge is -2.32. The summed E-state index contributed by atoms with van der Waals surface area (Å²) in [4.78, 5) is 39.1. The minimum absolute atomic E-state index is 0.142. The zero-order chi connectivity index (χ0) is 22.4. The summed E-state index contributed by atoms with van der Waals surface area (Å²) in [6.07, 6.45) is 1.70. The predicted molar refractivity (Wildman–Crippen MR) is 120 cm³/mol. The molecule has 1 saturated heterocycles. The first kappa shape index (κ1) is 23.0. The maximum atomic E-state index is 12.9. The van der Waals surface area contributed by atoms with Crippen LogP contribution in [0.2, 0.25) is 0 Å². The molecule has 1 aliphatic heterocycles.